The molecule has 2 amide bonds. The van der Waals surface area contributed by atoms with E-state index >= 15 is 0 Å². The molecule has 0 aliphatic heterocycles. The number of carbonyl (C=O) groups excluding carboxylic acids is 1. The van der Waals surface area contributed by atoms with Crippen LogP contribution < -0.4 is 15.4 Å². The third-order valence-electron chi connectivity index (χ3n) is 5.76. The molecule has 29 heavy (non-hydrogen) atoms. The normalized spacial score (nSPS) is 24.8. The van der Waals surface area contributed by atoms with Gasteiger partial charge >= 0.3 is 6.03 Å². The lowest BCUT2D eigenvalue weighted by atomic mass is 10.1. The molecule has 2 aliphatic carbocycles. The molecule has 0 saturated heterocycles. The fourth-order valence-electron chi connectivity index (χ4n) is 4.33. The van der Waals surface area contributed by atoms with Gasteiger partial charge in [-0.05, 0) is 73.2 Å². The number of halogens is 2. The minimum Gasteiger partial charge on any atom is -0.490 e. The van der Waals surface area contributed by atoms with Crippen LogP contribution in [0.25, 0.3) is 10.9 Å². The van der Waals surface area contributed by atoms with E-state index in [1.807, 2.05) is 0 Å². The summed E-state index contributed by atoms with van der Waals surface area (Å²) in [6, 6.07) is 13.3. The highest BCUT2D eigenvalue weighted by molar-refractivity contribution is 6.30. The minimum atomic E-state index is -0.305. The molecule has 2 aliphatic rings. The molecule has 0 bridgehead atoms. The summed E-state index contributed by atoms with van der Waals surface area (Å²) in [6.07, 6.45) is 3.48. The van der Waals surface area contributed by atoms with Gasteiger partial charge in [-0.25, -0.2) is 9.18 Å². The predicted molar refractivity (Wildman–Crippen MR) is 110 cm³/mol. The number of aromatic nitrogens is 1. The van der Waals surface area contributed by atoms with Crippen molar-refractivity contribution < 1.29 is 13.9 Å². The van der Waals surface area contributed by atoms with Crippen LogP contribution in [0.2, 0.25) is 5.02 Å². The summed E-state index contributed by atoms with van der Waals surface area (Å²) in [7, 11) is 0. The molecule has 2 aromatic carbocycles. The van der Waals surface area contributed by atoms with Crippen molar-refractivity contribution in [3.63, 3.8) is 0 Å². The third-order valence-corrected chi connectivity index (χ3v) is 6.01. The maximum absolute atomic E-state index is 13.6. The Bertz CT molecular complexity index is 1060. The number of hydrogen-bond acceptors (Lipinski definition) is 3. The first-order valence-corrected chi connectivity index (χ1v) is 9.98. The van der Waals surface area contributed by atoms with E-state index < -0.39 is 0 Å². The summed E-state index contributed by atoms with van der Waals surface area (Å²) in [5, 5.41) is 7.18. The van der Waals surface area contributed by atoms with Gasteiger partial charge in [0, 0.05) is 28.3 Å². The predicted octanol–water partition coefficient (Wildman–Crippen LogP) is 5.00. The molecule has 3 aromatic rings. The van der Waals surface area contributed by atoms with Crippen LogP contribution in [-0.4, -0.2) is 23.2 Å². The number of benzene rings is 2. The molecule has 2 N–H and O–H groups in total. The van der Waals surface area contributed by atoms with Crippen molar-refractivity contribution >= 4 is 34.2 Å². The first-order chi connectivity index (χ1) is 14.1. The van der Waals surface area contributed by atoms with Crippen LogP contribution in [-0.2, 0) is 0 Å². The number of amides is 2. The Morgan fingerprint density at radius 3 is 2.62 bits per heavy atom. The number of carbonyl (C=O) groups is 1. The van der Waals surface area contributed by atoms with Crippen molar-refractivity contribution in [3.8, 4) is 5.75 Å². The van der Waals surface area contributed by atoms with E-state index in [1.165, 1.54) is 12.1 Å². The lowest BCUT2D eigenvalue weighted by Gasteiger charge is -2.18. The van der Waals surface area contributed by atoms with Crippen LogP contribution in [0.5, 0.6) is 5.75 Å². The Morgan fingerprint density at radius 2 is 1.86 bits per heavy atom. The number of anilines is 1. The first kappa shape index (κ1) is 18.2. The molecule has 7 heteroatoms. The van der Waals surface area contributed by atoms with E-state index in [9.17, 15) is 9.18 Å². The van der Waals surface area contributed by atoms with Crippen molar-refractivity contribution in [2.24, 2.45) is 11.8 Å². The minimum absolute atomic E-state index is 0.0660. The number of urea groups is 1. The number of ether oxygens (including phenoxy) is 1. The largest absolute Gasteiger partial charge is 0.490 e. The molecule has 2 saturated carbocycles. The highest BCUT2D eigenvalue weighted by Gasteiger charge is 2.57. The zero-order chi connectivity index (χ0) is 20.0. The Hall–Kier alpha value is -2.86. The summed E-state index contributed by atoms with van der Waals surface area (Å²) in [5.74, 6) is 1.19. The number of nitrogens with zero attached hydrogens (tertiary/aromatic N) is 1. The van der Waals surface area contributed by atoms with Gasteiger partial charge in [-0.1, -0.05) is 11.6 Å². The Morgan fingerprint density at radius 1 is 1.10 bits per heavy atom. The number of rotatable bonds is 4. The number of hydrogen-bond donors (Lipinski definition) is 2. The van der Waals surface area contributed by atoms with E-state index in [-0.39, 0.29) is 24.0 Å². The summed E-state index contributed by atoms with van der Waals surface area (Å²) < 4.78 is 19.8. The molecule has 1 aromatic heterocycles. The summed E-state index contributed by atoms with van der Waals surface area (Å²) in [5.41, 5.74) is 1.42. The molecule has 5 rings (SSSR count). The van der Waals surface area contributed by atoms with Gasteiger partial charge in [0.15, 0.2) is 0 Å². The summed E-state index contributed by atoms with van der Waals surface area (Å²) in [4.78, 5) is 16.5. The van der Waals surface area contributed by atoms with Crippen LogP contribution in [0.3, 0.4) is 0 Å². The number of nitrogens with one attached hydrogen (secondary N) is 2. The summed E-state index contributed by atoms with van der Waals surface area (Å²) in [6.45, 7) is 0. The number of fused-ring (bicyclic) bond motifs is 2. The van der Waals surface area contributed by atoms with Gasteiger partial charge in [-0.3, -0.25) is 4.98 Å². The second kappa shape index (κ2) is 7.19. The lowest BCUT2D eigenvalue weighted by molar-refractivity contribution is 0.191. The van der Waals surface area contributed by atoms with Gasteiger partial charge in [0.25, 0.3) is 0 Å². The molecule has 1 heterocycles. The standard InChI is InChI=1S/C22H19ClFN3O2/c23-12-1-4-14(5-2-12)26-22(28)27-21-16-10-15(11-17(16)21)29-20-7-8-25-19-6-3-13(24)9-18(19)20/h1-9,15-17,21H,10-11H2,(H2,26,27,28)/t15-,16-,17+,21+. The van der Waals surface area contributed by atoms with Crippen molar-refractivity contribution in [1.82, 2.24) is 10.3 Å². The van der Waals surface area contributed by atoms with Gasteiger partial charge in [0.2, 0.25) is 0 Å². The molecule has 2 fully saturated rings. The van der Waals surface area contributed by atoms with Gasteiger partial charge in [0.1, 0.15) is 11.6 Å². The van der Waals surface area contributed by atoms with Crippen LogP contribution >= 0.6 is 11.6 Å². The van der Waals surface area contributed by atoms with Crippen LogP contribution in [0.1, 0.15) is 12.8 Å². The second-order valence-electron chi connectivity index (χ2n) is 7.64. The highest BCUT2D eigenvalue weighted by atomic mass is 35.5. The maximum atomic E-state index is 13.6. The van der Waals surface area contributed by atoms with E-state index in [0.29, 0.717) is 39.2 Å². The zero-order valence-corrected chi connectivity index (χ0v) is 16.2. The van der Waals surface area contributed by atoms with Gasteiger partial charge in [-0.2, -0.15) is 0 Å². The number of pyridine rings is 1. The Kier molecular flexibility index (Phi) is 4.51. The average Bonchev–Trinajstić information content (AvgIpc) is 3.14. The fourth-order valence-corrected chi connectivity index (χ4v) is 4.45. The third kappa shape index (κ3) is 3.72. The topological polar surface area (TPSA) is 63.2 Å². The monoisotopic (exact) mass is 411 g/mol. The molecular formula is C22H19ClFN3O2. The molecular weight excluding hydrogens is 393 g/mol. The SMILES string of the molecule is O=C(Nc1ccc(Cl)cc1)N[C@H]1[C@@H]2C[C@@H](Oc3ccnc4ccc(F)cc34)C[C@@H]21. The molecule has 4 atom stereocenters. The van der Waals surface area contributed by atoms with Crippen LogP contribution in [0.4, 0.5) is 14.9 Å². The second-order valence-corrected chi connectivity index (χ2v) is 8.08. The smallest absolute Gasteiger partial charge is 0.319 e. The van der Waals surface area contributed by atoms with E-state index in [0.717, 1.165) is 12.8 Å². The van der Waals surface area contributed by atoms with E-state index in [1.54, 1.807) is 42.6 Å². The maximum Gasteiger partial charge on any atom is 0.319 e. The van der Waals surface area contributed by atoms with Gasteiger partial charge < -0.3 is 15.4 Å². The molecule has 0 radical (unpaired) electrons. The van der Waals surface area contributed by atoms with Crippen LogP contribution in [0, 0.1) is 17.7 Å². The van der Waals surface area contributed by atoms with E-state index in [2.05, 4.69) is 15.6 Å². The average molecular weight is 412 g/mol. The van der Waals surface area contributed by atoms with E-state index in [4.69, 9.17) is 16.3 Å². The van der Waals surface area contributed by atoms with Gasteiger partial charge in [-0.15, -0.1) is 0 Å². The Balaban J connectivity index is 1.16. The lowest BCUT2D eigenvalue weighted by Crippen LogP contribution is -2.34. The Labute approximate surface area is 172 Å². The van der Waals surface area contributed by atoms with Crippen LogP contribution in [0.15, 0.2) is 54.7 Å². The molecule has 148 valence electrons. The highest BCUT2D eigenvalue weighted by Crippen LogP contribution is 2.53. The first-order valence-electron chi connectivity index (χ1n) is 9.61. The van der Waals surface area contributed by atoms with Crippen molar-refractivity contribution in [2.45, 2.75) is 25.0 Å². The van der Waals surface area contributed by atoms with Crippen molar-refractivity contribution in [1.29, 1.82) is 0 Å². The van der Waals surface area contributed by atoms with Crippen molar-refractivity contribution in [2.75, 3.05) is 5.32 Å². The quantitative estimate of drug-likeness (QED) is 0.634. The zero-order valence-electron chi connectivity index (χ0n) is 15.4. The summed E-state index contributed by atoms with van der Waals surface area (Å²) >= 11 is 5.86. The molecule has 0 unspecified atom stereocenters. The molecule has 0 spiro atoms. The molecule has 5 nitrogen and oxygen atoms in total. The fraction of sp³-hybridized carbons (Fsp3) is 0.273. The van der Waals surface area contributed by atoms with Crippen molar-refractivity contribution in [3.05, 3.63) is 65.6 Å². The van der Waals surface area contributed by atoms with Gasteiger partial charge in [0.05, 0.1) is 11.6 Å².